The molecule has 1 atom stereocenters. The highest BCUT2D eigenvalue weighted by Gasteiger charge is 2.21. The number of aliphatic carboxylic acids is 1. The summed E-state index contributed by atoms with van der Waals surface area (Å²) < 4.78 is 4.83. The number of rotatable bonds is 9. The molecule has 0 heterocycles. The molecule has 0 aromatic carbocycles. The van der Waals surface area contributed by atoms with E-state index in [2.05, 4.69) is 22.6 Å². The molecular formula is C14H27N3O4. The Labute approximate surface area is 126 Å². The van der Waals surface area contributed by atoms with Gasteiger partial charge >= 0.3 is 12.0 Å². The van der Waals surface area contributed by atoms with Crippen molar-refractivity contribution >= 4 is 12.0 Å². The molecule has 0 radical (unpaired) electrons. The first kappa shape index (κ1) is 17.7. The Bertz CT molecular complexity index is 332. The Morgan fingerprint density at radius 2 is 2.05 bits per heavy atom. The molecule has 7 heteroatoms. The highest BCUT2D eigenvalue weighted by Crippen LogP contribution is 2.21. The third-order valence-corrected chi connectivity index (χ3v) is 3.91. The molecule has 0 aliphatic heterocycles. The molecule has 1 aliphatic carbocycles. The fraction of sp³-hybridized carbons (Fsp3) is 0.857. The number of amides is 2. The van der Waals surface area contributed by atoms with E-state index in [1.165, 1.54) is 32.8 Å². The van der Waals surface area contributed by atoms with Crippen LogP contribution in [-0.2, 0) is 9.53 Å². The summed E-state index contributed by atoms with van der Waals surface area (Å²) in [7, 11) is 3.56. The monoisotopic (exact) mass is 301 g/mol. The van der Waals surface area contributed by atoms with Gasteiger partial charge in [0, 0.05) is 39.3 Å². The van der Waals surface area contributed by atoms with Crippen LogP contribution in [0.1, 0.15) is 32.1 Å². The number of carboxylic acid groups (broad SMARTS) is 1. The van der Waals surface area contributed by atoms with Gasteiger partial charge in [0.15, 0.2) is 0 Å². The molecule has 7 nitrogen and oxygen atoms in total. The summed E-state index contributed by atoms with van der Waals surface area (Å²) in [6.07, 6.45) is 5.26. The van der Waals surface area contributed by atoms with Gasteiger partial charge in [0.05, 0.1) is 0 Å². The quantitative estimate of drug-likeness (QED) is 0.582. The minimum Gasteiger partial charge on any atom is -0.480 e. The molecule has 1 fully saturated rings. The molecule has 2 amide bonds. The summed E-state index contributed by atoms with van der Waals surface area (Å²) in [5.41, 5.74) is 0. The van der Waals surface area contributed by atoms with Gasteiger partial charge in [-0.25, -0.2) is 9.59 Å². The van der Waals surface area contributed by atoms with Crippen molar-refractivity contribution in [1.29, 1.82) is 0 Å². The van der Waals surface area contributed by atoms with Crippen molar-refractivity contribution in [3.63, 3.8) is 0 Å². The van der Waals surface area contributed by atoms with Crippen molar-refractivity contribution in [2.75, 3.05) is 33.9 Å². The first-order valence-electron chi connectivity index (χ1n) is 7.51. The summed E-state index contributed by atoms with van der Waals surface area (Å²) in [5, 5.41) is 14.1. The number of nitrogens with one attached hydrogen (secondary N) is 2. The molecule has 0 spiro atoms. The number of carbonyl (C=O) groups excluding carboxylic acids is 1. The third-order valence-electron chi connectivity index (χ3n) is 3.91. The second kappa shape index (κ2) is 9.57. The second-order valence-corrected chi connectivity index (χ2v) is 5.49. The number of nitrogens with zero attached hydrogens (tertiary/aromatic N) is 1. The van der Waals surface area contributed by atoms with Gasteiger partial charge in [-0.1, -0.05) is 12.8 Å². The second-order valence-electron chi connectivity index (χ2n) is 5.49. The van der Waals surface area contributed by atoms with Gasteiger partial charge in [-0.05, 0) is 19.9 Å². The van der Waals surface area contributed by atoms with E-state index in [-0.39, 0.29) is 6.42 Å². The Balaban J connectivity index is 2.20. The maximum Gasteiger partial charge on any atom is 0.326 e. The number of methoxy groups -OCH3 is 1. The van der Waals surface area contributed by atoms with Crippen LogP contribution in [0.15, 0.2) is 0 Å². The minimum absolute atomic E-state index is 0.251. The summed E-state index contributed by atoms with van der Waals surface area (Å²) in [6, 6.07) is -0.751. The maximum absolute atomic E-state index is 11.7. The molecule has 1 saturated carbocycles. The minimum atomic E-state index is -1.05. The van der Waals surface area contributed by atoms with Crippen molar-refractivity contribution in [2.45, 2.75) is 44.2 Å². The molecule has 0 bridgehead atoms. The number of carbonyl (C=O) groups is 2. The predicted octanol–water partition coefficient (Wildman–Crippen LogP) is 0.650. The van der Waals surface area contributed by atoms with E-state index in [1.807, 2.05) is 0 Å². The fourth-order valence-electron chi connectivity index (χ4n) is 2.58. The lowest BCUT2D eigenvalue weighted by Crippen LogP contribution is -2.48. The lowest BCUT2D eigenvalue weighted by atomic mass is 10.2. The lowest BCUT2D eigenvalue weighted by molar-refractivity contribution is -0.139. The van der Waals surface area contributed by atoms with Crippen LogP contribution in [0.25, 0.3) is 0 Å². The van der Waals surface area contributed by atoms with Gasteiger partial charge < -0.3 is 25.4 Å². The van der Waals surface area contributed by atoms with Crippen LogP contribution in [0.5, 0.6) is 0 Å². The van der Waals surface area contributed by atoms with Crippen molar-refractivity contribution in [2.24, 2.45) is 0 Å². The molecular weight excluding hydrogens is 274 g/mol. The topological polar surface area (TPSA) is 90.9 Å². The van der Waals surface area contributed by atoms with Crippen LogP contribution in [0.2, 0.25) is 0 Å². The van der Waals surface area contributed by atoms with Gasteiger partial charge in [0.1, 0.15) is 6.04 Å². The van der Waals surface area contributed by atoms with E-state index in [4.69, 9.17) is 9.84 Å². The number of hydrogen-bond acceptors (Lipinski definition) is 4. The van der Waals surface area contributed by atoms with E-state index in [0.29, 0.717) is 19.2 Å². The fourth-order valence-corrected chi connectivity index (χ4v) is 2.58. The summed E-state index contributed by atoms with van der Waals surface area (Å²) in [4.78, 5) is 24.9. The SMILES string of the molecule is COCCC(NC(=O)NCCN(C)C1CCCC1)C(=O)O. The molecule has 0 aromatic rings. The molecule has 21 heavy (non-hydrogen) atoms. The van der Waals surface area contributed by atoms with E-state index >= 15 is 0 Å². The molecule has 1 unspecified atom stereocenters. The highest BCUT2D eigenvalue weighted by molar-refractivity contribution is 5.82. The Morgan fingerprint density at radius 3 is 2.62 bits per heavy atom. The van der Waals surface area contributed by atoms with E-state index < -0.39 is 18.0 Å². The summed E-state index contributed by atoms with van der Waals surface area (Å²) >= 11 is 0. The lowest BCUT2D eigenvalue weighted by Gasteiger charge is -2.24. The number of likely N-dealkylation sites (N-methyl/N-ethyl adjacent to an activating group) is 1. The Kier molecular flexibility index (Phi) is 8.07. The molecule has 0 saturated heterocycles. The Morgan fingerprint density at radius 1 is 1.38 bits per heavy atom. The van der Waals surface area contributed by atoms with E-state index in [1.54, 1.807) is 0 Å². The van der Waals surface area contributed by atoms with Crippen LogP contribution in [0.3, 0.4) is 0 Å². The highest BCUT2D eigenvalue weighted by atomic mass is 16.5. The summed E-state index contributed by atoms with van der Waals surface area (Å²) in [5.74, 6) is -1.05. The average Bonchev–Trinajstić information content (AvgIpc) is 2.97. The average molecular weight is 301 g/mol. The van der Waals surface area contributed by atoms with Gasteiger partial charge in [-0.15, -0.1) is 0 Å². The number of urea groups is 1. The first-order chi connectivity index (χ1) is 10.0. The van der Waals surface area contributed by atoms with Crippen molar-refractivity contribution in [3.8, 4) is 0 Å². The van der Waals surface area contributed by atoms with Gasteiger partial charge in [-0.2, -0.15) is 0 Å². The zero-order valence-electron chi connectivity index (χ0n) is 12.9. The molecule has 0 aromatic heterocycles. The Hall–Kier alpha value is -1.34. The van der Waals surface area contributed by atoms with Gasteiger partial charge in [-0.3, -0.25) is 0 Å². The molecule has 1 rings (SSSR count). The molecule has 3 N–H and O–H groups in total. The van der Waals surface area contributed by atoms with Crippen LogP contribution in [0.4, 0.5) is 4.79 Å². The first-order valence-corrected chi connectivity index (χ1v) is 7.51. The zero-order chi connectivity index (χ0) is 15.7. The van der Waals surface area contributed by atoms with Gasteiger partial charge in [0.2, 0.25) is 0 Å². The number of carboxylic acids is 1. The van der Waals surface area contributed by atoms with E-state index in [0.717, 1.165) is 6.54 Å². The molecule has 1 aliphatic rings. The standard InChI is InChI=1S/C14H27N3O4/c1-17(11-5-3-4-6-11)9-8-15-14(20)16-12(13(18)19)7-10-21-2/h11-12H,3-10H2,1-2H3,(H,18,19)(H2,15,16,20). The normalized spacial score (nSPS) is 16.9. The predicted molar refractivity (Wildman–Crippen MR) is 79.3 cm³/mol. The molecule has 122 valence electrons. The van der Waals surface area contributed by atoms with Gasteiger partial charge in [0.25, 0.3) is 0 Å². The number of ether oxygens (including phenoxy) is 1. The third kappa shape index (κ3) is 6.77. The smallest absolute Gasteiger partial charge is 0.326 e. The van der Waals surface area contributed by atoms with Crippen molar-refractivity contribution in [3.05, 3.63) is 0 Å². The summed E-state index contributed by atoms with van der Waals surface area (Å²) in [6.45, 7) is 1.57. The zero-order valence-corrected chi connectivity index (χ0v) is 12.9. The maximum atomic E-state index is 11.7. The number of hydrogen-bond donors (Lipinski definition) is 3. The van der Waals surface area contributed by atoms with Crippen molar-refractivity contribution in [1.82, 2.24) is 15.5 Å². The van der Waals surface area contributed by atoms with Crippen molar-refractivity contribution < 1.29 is 19.4 Å². The van der Waals surface area contributed by atoms with Crippen LogP contribution >= 0.6 is 0 Å². The van der Waals surface area contributed by atoms with E-state index in [9.17, 15) is 9.59 Å². The van der Waals surface area contributed by atoms with Crippen LogP contribution < -0.4 is 10.6 Å². The largest absolute Gasteiger partial charge is 0.480 e. The van der Waals surface area contributed by atoms with Crippen LogP contribution in [0, 0.1) is 0 Å². The van der Waals surface area contributed by atoms with Crippen LogP contribution in [-0.4, -0.2) is 67.9 Å².